The molecule has 4 aromatic heterocycles. The molecule has 4 heterocycles. The standard InChI is InChI=1S/C19H17N5O2/c1-11-6-7-20-16(9-11)22-19(25)13-10-14(15-5-4-8-26-15)21-18-17(13)12(2)23-24(18)3/h4-10H,1-3H3,(H,20,22,25). The number of amides is 1. The van der Waals surface area contributed by atoms with Gasteiger partial charge in [0.2, 0.25) is 0 Å². The number of fused-ring (bicyclic) bond motifs is 1. The zero-order valence-electron chi connectivity index (χ0n) is 14.6. The number of nitrogens with zero attached hydrogens (tertiary/aromatic N) is 4. The highest BCUT2D eigenvalue weighted by atomic mass is 16.3. The third-order valence-corrected chi connectivity index (χ3v) is 4.14. The third kappa shape index (κ3) is 2.73. The molecular weight excluding hydrogens is 330 g/mol. The Labute approximate surface area is 149 Å². The summed E-state index contributed by atoms with van der Waals surface area (Å²) < 4.78 is 7.11. The topological polar surface area (TPSA) is 85.8 Å². The van der Waals surface area contributed by atoms with E-state index in [9.17, 15) is 4.79 Å². The van der Waals surface area contributed by atoms with Crippen LogP contribution in [0.2, 0.25) is 0 Å². The summed E-state index contributed by atoms with van der Waals surface area (Å²) in [7, 11) is 1.80. The van der Waals surface area contributed by atoms with Crippen LogP contribution in [0.5, 0.6) is 0 Å². The molecule has 1 amide bonds. The first-order valence-electron chi connectivity index (χ1n) is 8.15. The molecule has 0 saturated carbocycles. The van der Waals surface area contributed by atoms with E-state index in [-0.39, 0.29) is 5.91 Å². The lowest BCUT2D eigenvalue weighted by Gasteiger charge is -2.08. The molecule has 0 bridgehead atoms. The van der Waals surface area contributed by atoms with E-state index >= 15 is 0 Å². The molecule has 0 aromatic carbocycles. The van der Waals surface area contributed by atoms with Gasteiger partial charge in [-0.3, -0.25) is 9.48 Å². The SMILES string of the molecule is Cc1ccnc(NC(=O)c2cc(-c3ccco3)nc3c2c(C)nn3C)c1. The van der Waals surface area contributed by atoms with Crippen molar-refractivity contribution in [1.29, 1.82) is 0 Å². The molecule has 7 heteroatoms. The van der Waals surface area contributed by atoms with Gasteiger partial charge in [0.1, 0.15) is 11.5 Å². The first-order chi connectivity index (χ1) is 12.5. The summed E-state index contributed by atoms with van der Waals surface area (Å²) in [6, 6.07) is 9.01. The predicted molar refractivity (Wildman–Crippen MR) is 97.9 cm³/mol. The molecule has 4 aromatic rings. The number of carbonyl (C=O) groups excluding carboxylic acids is 1. The molecular formula is C19H17N5O2. The number of aryl methyl sites for hydroxylation is 3. The Morgan fingerprint density at radius 2 is 2.08 bits per heavy atom. The van der Waals surface area contributed by atoms with Crippen LogP contribution in [0.3, 0.4) is 0 Å². The molecule has 1 N–H and O–H groups in total. The second kappa shape index (κ2) is 6.11. The molecule has 0 aliphatic carbocycles. The highest BCUT2D eigenvalue weighted by Crippen LogP contribution is 2.27. The van der Waals surface area contributed by atoms with E-state index in [0.29, 0.717) is 33.9 Å². The minimum absolute atomic E-state index is 0.264. The van der Waals surface area contributed by atoms with Crippen molar-refractivity contribution in [3.63, 3.8) is 0 Å². The lowest BCUT2D eigenvalue weighted by atomic mass is 10.1. The summed E-state index contributed by atoms with van der Waals surface area (Å²) in [6.45, 7) is 3.81. The number of pyridine rings is 2. The smallest absolute Gasteiger partial charge is 0.257 e. The maximum atomic E-state index is 13.0. The zero-order chi connectivity index (χ0) is 18.3. The third-order valence-electron chi connectivity index (χ3n) is 4.14. The van der Waals surface area contributed by atoms with Gasteiger partial charge in [0.15, 0.2) is 11.4 Å². The van der Waals surface area contributed by atoms with Crippen LogP contribution in [-0.2, 0) is 7.05 Å². The summed E-state index contributed by atoms with van der Waals surface area (Å²) >= 11 is 0. The molecule has 4 rings (SSSR count). The van der Waals surface area contributed by atoms with Crippen molar-refractivity contribution < 1.29 is 9.21 Å². The Morgan fingerprint density at radius 1 is 1.23 bits per heavy atom. The summed E-state index contributed by atoms with van der Waals surface area (Å²) in [5.41, 5.74) is 3.44. The number of furan rings is 1. The maximum Gasteiger partial charge on any atom is 0.257 e. The Hall–Kier alpha value is -3.48. The van der Waals surface area contributed by atoms with Gasteiger partial charge in [-0.1, -0.05) is 0 Å². The molecule has 0 aliphatic heterocycles. The van der Waals surface area contributed by atoms with E-state index in [2.05, 4.69) is 20.4 Å². The van der Waals surface area contributed by atoms with Crippen molar-refractivity contribution in [2.24, 2.45) is 7.05 Å². The molecule has 7 nitrogen and oxygen atoms in total. The van der Waals surface area contributed by atoms with Crippen LogP contribution in [0.15, 0.2) is 47.2 Å². The van der Waals surface area contributed by atoms with E-state index in [0.717, 1.165) is 11.3 Å². The first kappa shape index (κ1) is 16.0. The molecule has 0 unspecified atom stereocenters. The molecule has 130 valence electrons. The van der Waals surface area contributed by atoms with Gasteiger partial charge in [-0.25, -0.2) is 9.97 Å². The number of carbonyl (C=O) groups is 1. The molecule has 0 saturated heterocycles. The van der Waals surface area contributed by atoms with E-state index in [1.165, 1.54) is 0 Å². The van der Waals surface area contributed by atoms with Crippen molar-refractivity contribution in [2.45, 2.75) is 13.8 Å². The van der Waals surface area contributed by atoms with Gasteiger partial charge in [0.05, 0.1) is 22.9 Å². The molecule has 0 radical (unpaired) electrons. The van der Waals surface area contributed by atoms with Crippen LogP contribution in [0.4, 0.5) is 5.82 Å². The van der Waals surface area contributed by atoms with E-state index in [1.807, 2.05) is 26.0 Å². The Morgan fingerprint density at radius 3 is 2.81 bits per heavy atom. The normalized spacial score (nSPS) is 11.0. The van der Waals surface area contributed by atoms with Crippen LogP contribution in [-0.4, -0.2) is 25.7 Å². The fourth-order valence-corrected chi connectivity index (χ4v) is 2.96. The fraction of sp³-hybridized carbons (Fsp3) is 0.158. The van der Waals surface area contributed by atoms with Gasteiger partial charge in [0.25, 0.3) is 5.91 Å². The summed E-state index contributed by atoms with van der Waals surface area (Å²) in [4.78, 5) is 21.8. The Balaban J connectivity index is 1.85. The van der Waals surface area contributed by atoms with Crippen molar-refractivity contribution in [1.82, 2.24) is 19.7 Å². The Bertz CT molecular complexity index is 1110. The number of anilines is 1. The summed E-state index contributed by atoms with van der Waals surface area (Å²) in [5.74, 6) is 0.828. The van der Waals surface area contributed by atoms with Gasteiger partial charge in [-0.15, -0.1) is 0 Å². The monoisotopic (exact) mass is 347 g/mol. The lowest BCUT2D eigenvalue weighted by Crippen LogP contribution is -2.14. The largest absolute Gasteiger partial charge is 0.463 e. The van der Waals surface area contributed by atoms with Crippen molar-refractivity contribution in [2.75, 3.05) is 5.32 Å². The molecule has 0 fully saturated rings. The van der Waals surface area contributed by atoms with Gasteiger partial charge in [-0.2, -0.15) is 5.10 Å². The second-order valence-electron chi connectivity index (χ2n) is 6.11. The predicted octanol–water partition coefficient (Wildman–Crippen LogP) is 3.49. The second-order valence-corrected chi connectivity index (χ2v) is 6.11. The van der Waals surface area contributed by atoms with Crippen LogP contribution in [0, 0.1) is 13.8 Å². The van der Waals surface area contributed by atoms with Crippen LogP contribution in [0.1, 0.15) is 21.6 Å². The maximum absolute atomic E-state index is 13.0. The number of hydrogen-bond acceptors (Lipinski definition) is 5. The Kier molecular flexibility index (Phi) is 3.76. The molecule has 26 heavy (non-hydrogen) atoms. The number of aromatic nitrogens is 4. The van der Waals surface area contributed by atoms with Gasteiger partial charge in [-0.05, 0) is 49.7 Å². The van der Waals surface area contributed by atoms with Crippen LogP contribution in [0.25, 0.3) is 22.5 Å². The van der Waals surface area contributed by atoms with Crippen molar-refractivity contribution in [3.8, 4) is 11.5 Å². The summed E-state index contributed by atoms with van der Waals surface area (Å²) in [6.07, 6.45) is 3.24. The quantitative estimate of drug-likeness (QED) is 0.613. The van der Waals surface area contributed by atoms with E-state index in [1.54, 1.807) is 42.4 Å². The minimum Gasteiger partial charge on any atom is -0.463 e. The molecule has 0 atom stereocenters. The highest BCUT2D eigenvalue weighted by Gasteiger charge is 2.20. The zero-order valence-corrected chi connectivity index (χ0v) is 14.6. The first-order valence-corrected chi connectivity index (χ1v) is 8.15. The number of hydrogen-bond donors (Lipinski definition) is 1. The van der Waals surface area contributed by atoms with Gasteiger partial charge >= 0.3 is 0 Å². The highest BCUT2D eigenvalue weighted by molar-refractivity contribution is 6.13. The van der Waals surface area contributed by atoms with Gasteiger partial charge < -0.3 is 9.73 Å². The average molecular weight is 347 g/mol. The molecule has 0 aliphatic rings. The number of rotatable bonds is 3. The fourth-order valence-electron chi connectivity index (χ4n) is 2.96. The average Bonchev–Trinajstić information content (AvgIpc) is 3.23. The minimum atomic E-state index is -0.264. The van der Waals surface area contributed by atoms with Crippen LogP contribution < -0.4 is 5.32 Å². The van der Waals surface area contributed by atoms with Crippen LogP contribution >= 0.6 is 0 Å². The lowest BCUT2D eigenvalue weighted by molar-refractivity contribution is 0.102. The van der Waals surface area contributed by atoms with Gasteiger partial charge in [0, 0.05) is 13.2 Å². The molecule has 0 spiro atoms. The van der Waals surface area contributed by atoms with E-state index in [4.69, 9.17) is 4.42 Å². The van der Waals surface area contributed by atoms with E-state index < -0.39 is 0 Å². The van der Waals surface area contributed by atoms with Crippen molar-refractivity contribution >= 4 is 22.8 Å². The number of nitrogens with one attached hydrogen (secondary N) is 1. The van der Waals surface area contributed by atoms with Crippen molar-refractivity contribution in [3.05, 3.63) is 59.6 Å². The summed E-state index contributed by atoms with van der Waals surface area (Å²) in [5, 5.41) is 7.98.